The van der Waals surface area contributed by atoms with E-state index in [0.717, 1.165) is 25.3 Å². The number of para-hydroxylation sites is 1. The van der Waals surface area contributed by atoms with Crippen molar-refractivity contribution in [3.05, 3.63) is 29.8 Å². The van der Waals surface area contributed by atoms with Crippen molar-refractivity contribution in [3.63, 3.8) is 0 Å². The number of anilines is 1. The number of carboxylic acid groups (broad SMARTS) is 1. The normalized spacial score (nSPS) is 33.1. The van der Waals surface area contributed by atoms with E-state index >= 15 is 0 Å². The Morgan fingerprint density at radius 2 is 1.60 bits per heavy atom. The van der Waals surface area contributed by atoms with Gasteiger partial charge in [0.1, 0.15) is 0 Å². The maximum absolute atomic E-state index is 13.5. The van der Waals surface area contributed by atoms with Crippen LogP contribution < -0.4 is 10.2 Å². The Kier molecular flexibility index (Phi) is 5.85. The molecule has 1 saturated heterocycles. The molecule has 5 fully saturated rings. The maximum atomic E-state index is 13.5. The maximum Gasteiger partial charge on any atom is 0.418 e. The van der Waals surface area contributed by atoms with Gasteiger partial charge in [-0.3, -0.25) is 14.5 Å². The van der Waals surface area contributed by atoms with Crippen LogP contribution in [0.1, 0.15) is 51.5 Å². The van der Waals surface area contributed by atoms with Gasteiger partial charge >= 0.3 is 12.1 Å². The van der Waals surface area contributed by atoms with Crippen molar-refractivity contribution in [2.24, 2.45) is 23.2 Å². The summed E-state index contributed by atoms with van der Waals surface area (Å²) in [5.74, 6) is 0.0773. The van der Waals surface area contributed by atoms with Crippen molar-refractivity contribution in [1.82, 2.24) is 10.2 Å². The minimum absolute atomic E-state index is 0.00533. The summed E-state index contributed by atoms with van der Waals surface area (Å²) in [7, 11) is 0. The second-order valence-corrected chi connectivity index (χ2v) is 11.6. The summed E-state index contributed by atoms with van der Waals surface area (Å²) in [6.45, 7) is 5.51. The zero-order valence-electron chi connectivity index (χ0n) is 20.3. The molecule has 0 radical (unpaired) electrons. The van der Waals surface area contributed by atoms with E-state index in [2.05, 4.69) is 5.32 Å². The van der Waals surface area contributed by atoms with E-state index in [4.69, 9.17) is 0 Å². The first kappa shape index (κ1) is 24.4. The Morgan fingerprint density at radius 3 is 2.17 bits per heavy atom. The number of hydrogen-bond donors (Lipinski definition) is 2. The molecule has 1 aliphatic heterocycles. The second-order valence-electron chi connectivity index (χ2n) is 11.6. The van der Waals surface area contributed by atoms with Gasteiger partial charge in [0.05, 0.1) is 16.5 Å². The zero-order valence-corrected chi connectivity index (χ0v) is 20.3. The predicted molar refractivity (Wildman–Crippen MR) is 125 cm³/mol. The van der Waals surface area contributed by atoms with Crippen LogP contribution in [0.15, 0.2) is 24.3 Å². The molecule has 35 heavy (non-hydrogen) atoms. The second kappa shape index (κ2) is 8.39. The summed E-state index contributed by atoms with van der Waals surface area (Å²) in [4.78, 5) is 29.3. The molecule has 1 amide bonds. The lowest BCUT2D eigenvalue weighted by molar-refractivity contribution is -0.168. The SMILES string of the molecule is CC(C)(C(=O)NC1C2CC3CC1CC(C(=O)O)(C3)C2)N1CCN(c2ccccc2C(F)(F)F)CC1. The molecule has 1 aromatic rings. The van der Waals surface area contributed by atoms with Crippen molar-refractivity contribution in [1.29, 1.82) is 0 Å². The molecule has 2 atom stereocenters. The van der Waals surface area contributed by atoms with Crippen LogP contribution in [-0.2, 0) is 15.8 Å². The van der Waals surface area contributed by atoms with Crippen LogP contribution in [0.25, 0.3) is 0 Å². The van der Waals surface area contributed by atoms with E-state index in [1.807, 2.05) is 18.7 Å². The molecule has 1 heterocycles. The standard InChI is InChI=1S/C26H34F3N3O3/c1-24(2,32-9-7-31(8-10-32)20-6-4-3-5-19(20)26(27,28)29)22(33)30-21-17-11-16-12-18(21)15-25(13-16,14-17)23(34)35/h3-6,16-18,21H,7-15H2,1-2H3,(H,30,33)(H,34,35). The van der Waals surface area contributed by atoms with E-state index in [-0.39, 0.29) is 29.5 Å². The van der Waals surface area contributed by atoms with E-state index in [1.54, 1.807) is 11.0 Å². The van der Waals surface area contributed by atoms with Gasteiger partial charge in [-0.25, -0.2) is 0 Å². The summed E-state index contributed by atoms with van der Waals surface area (Å²) >= 11 is 0. The molecule has 6 nitrogen and oxygen atoms in total. The Bertz CT molecular complexity index is 987. The molecule has 4 saturated carbocycles. The van der Waals surface area contributed by atoms with Gasteiger partial charge in [0.15, 0.2) is 0 Å². The van der Waals surface area contributed by atoms with E-state index in [0.29, 0.717) is 44.9 Å². The Morgan fingerprint density at radius 1 is 1.00 bits per heavy atom. The van der Waals surface area contributed by atoms with Crippen LogP contribution in [-0.4, -0.2) is 59.6 Å². The number of hydrogen-bond acceptors (Lipinski definition) is 4. The van der Waals surface area contributed by atoms with Gasteiger partial charge in [-0.05, 0) is 75.8 Å². The third-order valence-electron chi connectivity index (χ3n) is 9.20. The third kappa shape index (κ3) is 4.19. The number of piperazine rings is 1. The van der Waals surface area contributed by atoms with Crippen molar-refractivity contribution >= 4 is 17.6 Å². The van der Waals surface area contributed by atoms with Gasteiger partial charge in [-0.2, -0.15) is 13.2 Å². The molecule has 4 aliphatic carbocycles. The molecule has 2 unspecified atom stereocenters. The van der Waals surface area contributed by atoms with E-state index in [9.17, 15) is 27.9 Å². The highest BCUT2D eigenvalue weighted by Gasteiger charge is 2.59. The average Bonchev–Trinajstić information content (AvgIpc) is 2.80. The molecule has 5 aliphatic rings. The van der Waals surface area contributed by atoms with Crippen molar-refractivity contribution in [3.8, 4) is 0 Å². The molecule has 0 spiro atoms. The first-order valence-corrected chi connectivity index (χ1v) is 12.6. The Labute approximate surface area is 203 Å². The van der Waals surface area contributed by atoms with Crippen LogP contribution >= 0.6 is 0 Å². The zero-order chi connectivity index (χ0) is 25.2. The average molecular weight is 494 g/mol. The lowest BCUT2D eigenvalue weighted by atomic mass is 9.48. The molecule has 192 valence electrons. The lowest BCUT2D eigenvalue weighted by Crippen LogP contribution is -2.66. The van der Waals surface area contributed by atoms with Crippen LogP contribution in [0, 0.1) is 23.2 Å². The van der Waals surface area contributed by atoms with Gasteiger partial charge in [0.2, 0.25) is 5.91 Å². The molecule has 1 aromatic carbocycles. The van der Waals surface area contributed by atoms with Gasteiger partial charge < -0.3 is 15.3 Å². The largest absolute Gasteiger partial charge is 0.481 e. The van der Waals surface area contributed by atoms with Crippen LogP contribution in [0.4, 0.5) is 18.9 Å². The fourth-order valence-corrected chi connectivity index (χ4v) is 7.49. The van der Waals surface area contributed by atoms with Gasteiger partial charge in [-0.15, -0.1) is 0 Å². The highest BCUT2D eigenvalue weighted by atomic mass is 19.4. The molecular weight excluding hydrogens is 459 g/mol. The summed E-state index contributed by atoms with van der Waals surface area (Å²) in [6.07, 6.45) is -0.410. The summed E-state index contributed by atoms with van der Waals surface area (Å²) in [5, 5.41) is 13.1. The fraction of sp³-hybridized carbons (Fsp3) is 0.692. The Balaban J connectivity index is 1.23. The molecule has 9 heteroatoms. The highest BCUT2D eigenvalue weighted by molar-refractivity contribution is 5.86. The van der Waals surface area contributed by atoms with Crippen LogP contribution in [0.2, 0.25) is 0 Å². The Hall–Kier alpha value is -2.29. The number of benzene rings is 1. The number of amides is 1. The van der Waals surface area contributed by atoms with Gasteiger partial charge in [0.25, 0.3) is 0 Å². The topological polar surface area (TPSA) is 72.9 Å². The monoisotopic (exact) mass is 493 g/mol. The van der Waals surface area contributed by atoms with Crippen molar-refractivity contribution < 1.29 is 27.9 Å². The number of alkyl halides is 3. The molecule has 0 aromatic heterocycles. The van der Waals surface area contributed by atoms with Gasteiger partial charge in [0, 0.05) is 37.9 Å². The van der Waals surface area contributed by atoms with Crippen molar-refractivity contribution in [2.45, 2.75) is 63.7 Å². The van der Waals surface area contributed by atoms with Crippen LogP contribution in [0.5, 0.6) is 0 Å². The van der Waals surface area contributed by atoms with E-state index in [1.165, 1.54) is 12.1 Å². The number of carbonyl (C=O) groups is 2. The van der Waals surface area contributed by atoms with E-state index < -0.39 is 28.7 Å². The first-order valence-electron chi connectivity index (χ1n) is 12.6. The highest BCUT2D eigenvalue weighted by Crippen LogP contribution is 2.60. The van der Waals surface area contributed by atoms with Crippen LogP contribution in [0.3, 0.4) is 0 Å². The molecule has 4 bridgehead atoms. The molecule has 6 rings (SSSR count). The number of carboxylic acids is 1. The number of nitrogens with zero attached hydrogens (tertiary/aromatic N) is 2. The summed E-state index contributed by atoms with van der Waals surface area (Å²) in [6, 6.07) is 5.64. The number of nitrogens with one attached hydrogen (secondary N) is 1. The number of rotatable bonds is 5. The predicted octanol–water partition coefficient (Wildman–Crippen LogP) is 4.00. The minimum Gasteiger partial charge on any atom is -0.481 e. The van der Waals surface area contributed by atoms with Crippen molar-refractivity contribution in [2.75, 3.05) is 31.1 Å². The number of halogens is 3. The number of aliphatic carboxylic acids is 1. The molecule has 2 N–H and O–H groups in total. The quantitative estimate of drug-likeness (QED) is 0.649. The minimum atomic E-state index is -4.41. The number of carbonyl (C=O) groups excluding carboxylic acids is 1. The summed E-state index contributed by atoms with van der Waals surface area (Å²) in [5.41, 5.74) is -1.88. The lowest BCUT2D eigenvalue weighted by Gasteiger charge is -2.58. The van der Waals surface area contributed by atoms with Gasteiger partial charge in [-0.1, -0.05) is 12.1 Å². The summed E-state index contributed by atoms with van der Waals surface area (Å²) < 4.78 is 40.4. The first-order chi connectivity index (χ1) is 16.4. The third-order valence-corrected chi connectivity index (χ3v) is 9.20. The smallest absolute Gasteiger partial charge is 0.418 e. The fourth-order valence-electron chi connectivity index (χ4n) is 7.49. The molecular formula is C26H34F3N3O3.